The van der Waals surface area contributed by atoms with Crippen molar-refractivity contribution >= 4 is 41.7 Å². The molecule has 0 fully saturated rings. The maximum absolute atomic E-state index is 5.86. The Kier molecular flexibility index (Phi) is 6.35. The van der Waals surface area contributed by atoms with E-state index in [1.165, 1.54) is 0 Å². The normalized spacial score (nSPS) is 12.0. The van der Waals surface area contributed by atoms with Gasteiger partial charge in [0.25, 0.3) is 0 Å². The van der Waals surface area contributed by atoms with E-state index in [2.05, 4.69) is 12.6 Å². The summed E-state index contributed by atoms with van der Waals surface area (Å²) >= 11 is 15.8. The lowest BCUT2D eigenvalue weighted by Gasteiger charge is -2.14. The van der Waals surface area contributed by atoms with Crippen LogP contribution in [-0.2, 0) is 4.43 Å². The monoisotopic (exact) mass is 218 g/mol. The standard InChI is InChI=1S/C5H12Cl2OSSi/c1-2-8-10(6,7)5-3-4-9/h9H,2-5H2,1H3. The fourth-order valence-corrected chi connectivity index (χ4v) is 3.64. The molecular formula is C5H12Cl2OSSi. The Bertz CT molecular complexity index is 91.7. The predicted octanol–water partition coefficient (Wildman–Crippen LogP) is 2.76. The molecule has 10 heavy (non-hydrogen) atoms. The van der Waals surface area contributed by atoms with E-state index in [4.69, 9.17) is 26.6 Å². The number of thiol groups is 1. The molecule has 0 amide bonds. The van der Waals surface area contributed by atoms with Crippen LogP contribution in [0.15, 0.2) is 0 Å². The molecular weight excluding hydrogens is 207 g/mol. The Morgan fingerprint density at radius 1 is 1.50 bits per heavy atom. The van der Waals surface area contributed by atoms with Gasteiger partial charge in [-0.2, -0.15) is 12.6 Å². The summed E-state index contributed by atoms with van der Waals surface area (Å²) in [4.78, 5) is 0. The molecule has 1 nitrogen and oxygen atoms in total. The molecule has 0 aliphatic carbocycles. The Morgan fingerprint density at radius 3 is 2.50 bits per heavy atom. The van der Waals surface area contributed by atoms with Crippen LogP contribution < -0.4 is 0 Å². The fourth-order valence-electron chi connectivity index (χ4n) is 0.568. The third-order valence-corrected chi connectivity index (χ3v) is 4.73. The third kappa shape index (κ3) is 5.86. The zero-order chi connectivity index (χ0) is 8.04. The van der Waals surface area contributed by atoms with E-state index in [9.17, 15) is 0 Å². The number of hydrogen-bond acceptors (Lipinski definition) is 2. The Hall–Kier alpha value is 1.11. The minimum atomic E-state index is -2.33. The lowest BCUT2D eigenvalue weighted by Crippen LogP contribution is -2.24. The third-order valence-electron chi connectivity index (χ3n) is 0.981. The minimum absolute atomic E-state index is 0.603. The van der Waals surface area contributed by atoms with Crippen molar-refractivity contribution in [3.05, 3.63) is 0 Å². The summed E-state index contributed by atoms with van der Waals surface area (Å²) in [5.74, 6) is 0.821. The van der Waals surface area contributed by atoms with Crippen LogP contribution in [-0.4, -0.2) is 19.3 Å². The molecule has 0 bridgehead atoms. The molecule has 0 aromatic heterocycles. The molecule has 0 radical (unpaired) electrons. The van der Waals surface area contributed by atoms with Crippen LogP contribution in [0.1, 0.15) is 13.3 Å². The van der Waals surface area contributed by atoms with Crippen LogP contribution in [0.5, 0.6) is 0 Å². The van der Waals surface area contributed by atoms with E-state index in [1.807, 2.05) is 6.92 Å². The average molecular weight is 219 g/mol. The molecule has 0 spiro atoms. The summed E-state index contributed by atoms with van der Waals surface area (Å²) in [6.45, 7) is 0.170. The van der Waals surface area contributed by atoms with Crippen LogP contribution in [0.25, 0.3) is 0 Å². The van der Waals surface area contributed by atoms with Crippen molar-refractivity contribution in [1.82, 2.24) is 0 Å². The first-order valence-corrected chi connectivity index (χ1v) is 8.02. The molecule has 0 heterocycles. The van der Waals surface area contributed by atoms with E-state index in [-0.39, 0.29) is 0 Å². The minimum Gasteiger partial charge on any atom is -0.393 e. The maximum atomic E-state index is 5.86. The molecule has 0 aromatic rings. The molecule has 0 N–H and O–H groups in total. The van der Waals surface area contributed by atoms with E-state index in [0.29, 0.717) is 6.61 Å². The largest absolute Gasteiger partial charge is 0.393 e. The van der Waals surface area contributed by atoms with E-state index in [0.717, 1.165) is 18.2 Å². The van der Waals surface area contributed by atoms with Gasteiger partial charge in [0, 0.05) is 6.61 Å². The molecule has 0 aliphatic rings. The van der Waals surface area contributed by atoms with Gasteiger partial charge in [-0.15, -0.1) is 22.2 Å². The SMILES string of the molecule is CCO[Si](Cl)(Cl)CCCS. The van der Waals surface area contributed by atoms with Gasteiger partial charge in [-0.3, -0.25) is 0 Å². The summed E-state index contributed by atoms with van der Waals surface area (Å²) in [6.07, 6.45) is 0.933. The first kappa shape index (κ1) is 11.1. The van der Waals surface area contributed by atoms with Gasteiger partial charge < -0.3 is 4.43 Å². The highest BCUT2D eigenvalue weighted by Crippen LogP contribution is 2.23. The second-order valence-corrected chi connectivity index (χ2v) is 8.65. The van der Waals surface area contributed by atoms with Crippen LogP contribution in [0.2, 0.25) is 6.04 Å². The molecule has 0 aromatic carbocycles. The average Bonchev–Trinajstić information content (AvgIpc) is 1.84. The molecule has 0 saturated carbocycles. The number of rotatable bonds is 5. The van der Waals surface area contributed by atoms with Crippen molar-refractivity contribution in [3.63, 3.8) is 0 Å². The van der Waals surface area contributed by atoms with Crippen molar-refractivity contribution in [3.8, 4) is 0 Å². The van der Waals surface area contributed by atoms with Gasteiger partial charge in [0.2, 0.25) is 0 Å². The van der Waals surface area contributed by atoms with Crippen molar-refractivity contribution < 1.29 is 4.43 Å². The first-order chi connectivity index (χ1) is 4.62. The lowest BCUT2D eigenvalue weighted by molar-refractivity contribution is 0.347. The Morgan fingerprint density at radius 2 is 2.10 bits per heavy atom. The van der Waals surface area contributed by atoms with Gasteiger partial charge in [-0.25, -0.2) is 0 Å². The van der Waals surface area contributed by atoms with Crippen LogP contribution in [0.4, 0.5) is 0 Å². The van der Waals surface area contributed by atoms with Gasteiger partial charge >= 0.3 is 6.94 Å². The van der Waals surface area contributed by atoms with Crippen molar-refractivity contribution in [1.29, 1.82) is 0 Å². The summed E-state index contributed by atoms with van der Waals surface area (Å²) in [7, 11) is 0. The summed E-state index contributed by atoms with van der Waals surface area (Å²) in [6, 6.07) is 0.771. The second kappa shape index (κ2) is 5.72. The zero-order valence-corrected chi connectivity index (χ0v) is 9.35. The quantitative estimate of drug-likeness (QED) is 0.425. The Labute approximate surface area is 78.0 Å². The van der Waals surface area contributed by atoms with E-state index in [1.54, 1.807) is 0 Å². The van der Waals surface area contributed by atoms with Gasteiger partial charge in [0.05, 0.1) is 0 Å². The van der Waals surface area contributed by atoms with E-state index < -0.39 is 6.94 Å². The molecule has 62 valence electrons. The highest BCUT2D eigenvalue weighted by atomic mass is 35.7. The van der Waals surface area contributed by atoms with Crippen LogP contribution in [0.3, 0.4) is 0 Å². The molecule has 0 unspecified atom stereocenters. The Balaban J connectivity index is 3.42. The zero-order valence-electron chi connectivity index (χ0n) is 5.94. The van der Waals surface area contributed by atoms with Crippen molar-refractivity contribution in [2.45, 2.75) is 19.4 Å². The second-order valence-electron chi connectivity index (χ2n) is 1.90. The molecule has 0 atom stereocenters. The number of hydrogen-bond donors (Lipinski definition) is 1. The van der Waals surface area contributed by atoms with Gasteiger partial charge in [0.1, 0.15) is 0 Å². The summed E-state index contributed by atoms with van der Waals surface area (Å²) in [5, 5.41) is 0. The summed E-state index contributed by atoms with van der Waals surface area (Å²) < 4.78 is 5.17. The molecule has 5 heteroatoms. The van der Waals surface area contributed by atoms with Gasteiger partial charge in [0.15, 0.2) is 0 Å². The highest BCUT2D eigenvalue weighted by molar-refractivity contribution is 7.80. The van der Waals surface area contributed by atoms with Crippen LogP contribution in [0, 0.1) is 0 Å². The predicted molar refractivity (Wildman–Crippen MR) is 52.4 cm³/mol. The summed E-state index contributed by atoms with van der Waals surface area (Å²) in [5.41, 5.74) is 0. The van der Waals surface area contributed by atoms with Crippen LogP contribution >= 0.6 is 34.8 Å². The molecule has 0 saturated heterocycles. The smallest absolute Gasteiger partial charge is 0.389 e. The van der Waals surface area contributed by atoms with Crippen molar-refractivity contribution in [2.24, 2.45) is 0 Å². The molecule has 0 rings (SSSR count). The maximum Gasteiger partial charge on any atom is 0.389 e. The number of halogens is 2. The van der Waals surface area contributed by atoms with Gasteiger partial charge in [-0.1, -0.05) is 0 Å². The topological polar surface area (TPSA) is 9.23 Å². The van der Waals surface area contributed by atoms with E-state index >= 15 is 0 Å². The highest BCUT2D eigenvalue weighted by Gasteiger charge is 2.28. The lowest BCUT2D eigenvalue weighted by atomic mass is 10.6. The van der Waals surface area contributed by atoms with Gasteiger partial charge in [-0.05, 0) is 25.1 Å². The fraction of sp³-hybridized carbons (Fsp3) is 1.00. The first-order valence-electron chi connectivity index (χ1n) is 3.25. The molecule has 0 aliphatic heterocycles. The van der Waals surface area contributed by atoms with Crippen molar-refractivity contribution in [2.75, 3.05) is 12.4 Å².